The van der Waals surface area contributed by atoms with Crippen molar-refractivity contribution in [2.75, 3.05) is 26.4 Å². The maximum atomic E-state index is 11.6. The normalized spacial score (nSPS) is 16.8. The standard InChI is InChI=1S/C19H38O8Si/c1-9-21-16(6)25-28(26-17(7)22-10-2,27-18(8)23-11-3)14-12-13-24-19(20)15(4)5/h16-18H,4,9-14H2,1-3,5-8H3. The van der Waals surface area contributed by atoms with Gasteiger partial charge in [-0.05, 0) is 54.9 Å². The summed E-state index contributed by atoms with van der Waals surface area (Å²) in [5.41, 5.74) is 0.354. The summed E-state index contributed by atoms with van der Waals surface area (Å²) in [5, 5.41) is 0. The molecular weight excluding hydrogens is 384 g/mol. The summed E-state index contributed by atoms with van der Waals surface area (Å²) in [6.07, 6.45) is -1.10. The second kappa shape index (κ2) is 15.1. The Kier molecular flexibility index (Phi) is 14.6. The third-order valence-electron chi connectivity index (χ3n) is 3.45. The zero-order valence-corrected chi connectivity index (χ0v) is 19.4. The van der Waals surface area contributed by atoms with E-state index in [1.165, 1.54) is 0 Å². The number of hydrogen-bond acceptors (Lipinski definition) is 8. The minimum absolute atomic E-state index is 0.200. The fraction of sp³-hybridized carbons (Fsp3) is 0.842. The van der Waals surface area contributed by atoms with Gasteiger partial charge in [-0.3, -0.25) is 0 Å². The summed E-state index contributed by atoms with van der Waals surface area (Å²) in [6, 6.07) is 0.405. The second-order valence-corrected chi connectivity index (χ2v) is 8.70. The molecule has 0 amide bonds. The van der Waals surface area contributed by atoms with Gasteiger partial charge in [-0.1, -0.05) is 6.58 Å². The first-order valence-electron chi connectivity index (χ1n) is 9.90. The van der Waals surface area contributed by atoms with Crippen LogP contribution >= 0.6 is 0 Å². The SMILES string of the molecule is C=C(C)C(=O)OCCC[Si](OC(C)OCC)(OC(C)OCC)OC(C)OCC. The fourth-order valence-electron chi connectivity index (χ4n) is 2.40. The van der Waals surface area contributed by atoms with E-state index in [1.807, 2.05) is 20.8 Å². The predicted octanol–water partition coefficient (Wildman–Crippen LogP) is 3.63. The molecule has 9 heteroatoms. The van der Waals surface area contributed by atoms with Gasteiger partial charge in [-0.15, -0.1) is 0 Å². The third-order valence-corrected chi connectivity index (χ3v) is 6.49. The van der Waals surface area contributed by atoms with Crippen molar-refractivity contribution >= 4 is 14.8 Å². The van der Waals surface area contributed by atoms with Gasteiger partial charge in [-0.25, -0.2) is 4.79 Å². The summed E-state index contributed by atoms with van der Waals surface area (Å²) < 4.78 is 40.1. The van der Waals surface area contributed by atoms with Gasteiger partial charge < -0.3 is 32.2 Å². The van der Waals surface area contributed by atoms with Gasteiger partial charge in [0, 0.05) is 31.4 Å². The van der Waals surface area contributed by atoms with Crippen LogP contribution in [0.15, 0.2) is 12.2 Å². The van der Waals surface area contributed by atoms with Gasteiger partial charge in [0.2, 0.25) is 0 Å². The molecule has 0 rings (SSSR count). The fourth-order valence-corrected chi connectivity index (χ4v) is 5.22. The molecule has 8 nitrogen and oxygen atoms in total. The molecule has 0 heterocycles. The summed E-state index contributed by atoms with van der Waals surface area (Å²) in [5.74, 6) is -0.428. The smallest absolute Gasteiger partial charge is 0.462 e. The van der Waals surface area contributed by atoms with Crippen LogP contribution < -0.4 is 0 Å². The number of rotatable bonds is 17. The maximum Gasteiger partial charge on any atom is 0.506 e. The Morgan fingerprint density at radius 3 is 1.57 bits per heavy atom. The monoisotopic (exact) mass is 422 g/mol. The van der Waals surface area contributed by atoms with Gasteiger partial charge in [0.05, 0.1) is 6.61 Å². The van der Waals surface area contributed by atoms with Crippen LogP contribution in [-0.2, 0) is 37.0 Å². The molecule has 166 valence electrons. The first-order valence-corrected chi connectivity index (χ1v) is 11.8. The van der Waals surface area contributed by atoms with Crippen LogP contribution in [0, 0.1) is 0 Å². The lowest BCUT2D eigenvalue weighted by Crippen LogP contribution is -2.52. The molecule has 0 bridgehead atoms. The summed E-state index contributed by atoms with van der Waals surface area (Å²) >= 11 is 0. The van der Waals surface area contributed by atoms with Crippen molar-refractivity contribution in [3.05, 3.63) is 12.2 Å². The molecule has 0 saturated heterocycles. The van der Waals surface area contributed by atoms with Crippen LogP contribution in [0.1, 0.15) is 54.9 Å². The molecular formula is C19H38O8Si. The molecule has 0 saturated carbocycles. The Balaban J connectivity index is 5.27. The van der Waals surface area contributed by atoms with E-state index in [1.54, 1.807) is 27.7 Å². The topological polar surface area (TPSA) is 81.7 Å². The Labute approximate surface area is 170 Å². The molecule has 0 spiro atoms. The molecule has 0 aliphatic carbocycles. The number of ether oxygens (including phenoxy) is 4. The minimum atomic E-state index is -3.28. The number of carbonyl (C=O) groups is 1. The predicted molar refractivity (Wildman–Crippen MR) is 107 cm³/mol. The third kappa shape index (κ3) is 11.9. The van der Waals surface area contributed by atoms with Gasteiger partial charge in [0.15, 0.2) is 0 Å². The first kappa shape index (κ1) is 27.2. The highest BCUT2D eigenvalue weighted by Crippen LogP contribution is 2.25. The lowest BCUT2D eigenvalue weighted by molar-refractivity contribution is -0.176. The zero-order chi connectivity index (χ0) is 21.6. The van der Waals surface area contributed by atoms with Gasteiger partial charge in [0.25, 0.3) is 0 Å². The van der Waals surface area contributed by atoms with Gasteiger partial charge in [0.1, 0.15) is 18.9 Å². The van der Waals surface area contributed by atoms with Crippen molar-refractivity contribution in [3.8, 4) is 0 Å². The molecule has 0 aromatic heterocycles. The molecule has 0 aliphatic rings. The molecule has 3 atom stereocenters. The molecule has 0 aliphatic heterocycles. The van der Waals surface area contributed by atoms with E-state index < -0.39 is 33.6 Å². The quantitative estimate of drug-likeness (QED) is 0.116. The lowest BCUT2D eigenvalue weighted by atomic mass is 10.4. The van der Waals surface area contributed by atoms with Crippen molar-refractivity contribution in [2.24, 2.45) is 0 Å². The zero-order valence-electron chi connectivity index (χ0n) is 18.4. The lowest BCUT2D eigenvalue weighted by Gasteiger charge is -2.35. The van der Waals surface area contributed by atoms with Crippen LogP contribution in [0.4, 0.5) is 0 Å². The van der Waals surface area contributed by atoms with Crippen LogP contribution in [0.2, 0.25) is 6.04 Å². The molecule has 0 aromatic carbocycles. The molecule has 0 N–H and O–H groups in total. The highest BCUT2D eigenvalue weighted by Gasteiger charge is 2.46. The van der Waals surface area contributed by atoms with E-state index in [0.29, 0.717) is 37.9 Å². The number of esters is 1. The van der Waals surface area contributed by atoms with Crippen molar-refractivity contribution in [2.45, 2.75) is 79.8 Å². The van der Waals surface area contributed by atoms with E-state index >= 15 is 0 Å². The van der Waals surface area contributed by atoms with E-state index in [-0.39, 0.29) is 6.61 Å². The van der Waals surface area contributed by atoms with Crippen LogP contribution in [0.3, 0.4) is 0 Å². The van der Waals surface area contributed by atoms with Crippen LogP contribution in [0.5, 0.6) is 0 Å². The van der Waals surface area contributed by atoms with Gasteiger partial charge >= 0.3 is 14.8 Å². The molecule has 0 fully saturated rings. The Morgan fingerprint density at radius 1 is 0.857 bits per heavy atom. The molecule has 0 radical (unpaired) electrons. The summed E-state index contributed by atoms with van der Waals surface area (Å²) in [6.45, 7) is 17.9. The number of carbonyl (C=O) groups excluding carboxylic acids is 1. The largest absolute Gasteiger partial charge is 0.506 e. The van der Waals surface area contributed by atoms with Crippen molar-refractivity contribution in [1.82, 2.24) is 0 Å². The van der Waals surface area contributed by atoms with E-state index in [9.17, 15) is 4.79 Å². The Bertz CT molecular complexity index is 410. The minimum Gasteiger partial charge on any atom is -0.462 e. The molecule has 0 aromatic rings. The van der Waals surface area contributed by atoms with E-state index in [2.05, 4.69) is 6.58 Å². The number of hydrogen-bond donors (Lipinski definition) is 0. The average Bonchev–Trinajstić information content (AvgIpc) is 2.58. The van der Waals surface area contributed by atoms with Crippen LogP contribution in [0.25, 0.3) is 0 Å². The Morgan fingerprint density at radius 2 is 1.25 bits per heavy atom. The highest BCUT2D eigenvalue weighted by atomic mass is 28.4. The first-order chi connectivity index (χ1) is 13.2. The molecule has 3 unspecified atom stereocenters. The van der Waals surface area contributed by atoms with Crippen molar-refractivity contribution in [1.29, 1.82) is 0 Å². The average molecular weight is 423 g/mol. The van der Waals surface area contributed by atoms with Crippen molar-refractivity contribution < 1.29 is 37.0 Å². The Hall–Kier alpha value is -0.813. The second-order valence-electron chi connectivity index (χ2n) is 6.13. The van der Waals surface area contributed by atoms with E-state index in [0.717, 1.165) is 0 Å². The highest BCUT2D eigenvalue weighted by molar-refractivity contribution is 6.60. The van der Waals surface area contributed by atoms with Crippen LogP contribution in [-0.4, -0.2) is 60.1 Å². The summed E-state index contributed by atoms with van der Waals surface area (Å²) in [7, 11) is -3.28. The summed E-state index contributed by atoms with van der Waals surface area (Å²) in [4.78, 5) is 11.6. The van der Waals surface area contributed by atoms with E-state index in [4.69, 9.17) is 32.2 Å². The van der Waals surface area contributed by atoms with Crippen molar-refractivity contribution in [3.63, 3.8) is 0 Å². The molecule has 28 heavy (non-hydrogen) atoms. The maximum absolute atomic E-state index is 11.6. The van der Waals surface area contributed by atoms with Gasteiger partial charge in [-0.2, -0.15) is 0 Å².